The zero-order valence-electron chi connectivity index (χ0n) is 14.3. The Kier molecular flexibility index (Phi) is 3.41. The molecule has 25 heavy (non-hydrogen) atoms. The summed E-state index contributed by atoms with van der Waals surface area (Å²) in [6.07, 6.45) is -0.203. The lowest BCUT2D eigenvalue weighted by molar-refractivity contribution is 0.0168. The number of phenols is 1. The molecule has 0 radical (unpaired) electrons. The second-order valence-electron chi connectivity index (χ2n) is 7.20. The molecule has 3 aromatic rings. The van der Waals surface area contributed by atoms with Gasteiger partial charge < -0.3 is 14.4 Å². The number of hydrogen-bond acceptors (Lipinski definition) is 2. The van der Waals surface area contributed by atoms with Gasteiger partial charge in [0.1, 0.15) is 5.75 Å². The maximum absolute atomic E-state index is 13.9. The summed E-state index contributed by atoms with van der Waals surface area (Å²) >= 11 is 0. The predicted octanol–water partition coefficient (Wildman–Crippen LogP) is 4.98. The van der Waals surface area contributed by atoms with Crippen molar-refractivity contribution in [2.24, 2.45) is 0 Å². The lowest BCUT2D eigenvalue weighted by Gasteiger charge is -2.35. The minimum absolute atomic E-state index is 0.156. The Bertz CT molecular complexity index is 991. The van der Waals surface area contributed by atoms with E-state index in [4.69, 9.17) is 4.74 Å². The van der Waals surface area contributed by atoms with Crippen LogP contribution in [0, 0.1) is 11.6 Å². The molecule has 130 valence electrons. The third kappa shape index (κ3) is 2.26. The van der Waals surface area contributed by atoms with Gasteiger partial charge in [0.05, 0.1) is 18.2 Å². The Morgan fingerprint density at radius 2 is 1.92 bits per heavy atom. The molecule has 0 bridgehead atoms. The summed E-state index contributed by atoms with van der Waals surface area (Å²) in [6, 6.07) is 9.12. The summed E-state index contributed by atoms with van der Waals surface area (Å²) in [5.74, 6) is -1.62. The Morgan fingerprint density at radius 1 is 1.16 bits per heavy atom. The minimum Gasteiger partial charge on any atom is -0.507 e. The highest BCUT2D eigenvalue weighted by Gasteiger charge is 2.38. The molecule has 0 aliphatic carbocycles. The molecule has 5 heteroatoms. The van der Waals surface area contributed by atoms with Crippen molar-refractivity contribution in [1.29, 1.82) is 0 Å². The fraction of sp³-hybridized carbons (Fsp3) is 0.300. The molecule has 4 rings (SSSR count). The zero-order valence-corrected chi connectivity index (χ0v) is 14.3. The number of hydrogen-bond donors (Lipinski definition) is 1. The van der Waals surface area contributed by atoms with Crippen LogP contribution in [0.25, 0.3) is 16.6 Å². The topological polar surface area (TPSA) is 34.4 Å². The Morgan fingerprint density at radius 3 is 2.64 bits per heavy atom. The van der Waals surface area contributed by atoms with Crippen LogP contribution in [0.15, 0.2) is 36.4 Å². The van der Waals surface area contributed by atoms with Gasteiger partial charge in [-0.2, -0.15) is 0 Å². The lowest BCUT2D eigenvalue weighted by Crippen LogP contribution is -2.33. The van der Waals surface area contributed by atoms with E-state index in [9.17, 15) is 13.9 Å². The van der Waals surface area contributed by atoms with Crippen LogP contribution < -0.4 is 0 Å². The Labute approximate surface area is 144 Å². The van der Waals surface area contributed by atoms with Crippen molar-refractivity contribution in [3.63, 3.8) is 0 Å². The number of rotatable bonds is 1. The molecule has 1 unspecified atom stereocenters. The van der Waals surface area contributed by atoms with Crippen molar-refractivity contribution < 1.29 is 18.6 Å². The molecule has 2 aromatic carbocycles. The third-order valence-corrected chi connectivity index (χ3v) is 4.91. The van der Waals surface area contributed by atoms with Crippen LogP contribution in [0.5, 0.6) is 5.75 Å². The lowest BCUT2D eigenvalue weighted by atomic mass is 9.83. The SMILES string of the molecule is CC1OCC(C)(C)c2c1c1c(O)cccc1n2-c1ccc(F)c(F)c1. The minimum atomic E-state index is -0.897. The summed E-state index contributed by atoms with van der Waals surface area (Å²) in [5, 5.41) is 11.2. The average Bonchev–Trinajstić information content (AvgIpc) is 2.92. The first-order valence-electron chi connectivity index (χ1n) is 8.25. The summed E-state index contributed by atoms with van der Waals surface area (Å²) in [6.45, 7) is 6.53. The van der Waals surface area contributed by atoms with E-state index in [1.54, 1.807) is 18.2 Å². The third-order valence-electron chi connectivity index (χ3n) is 4.91. The molecule has 0 saturated heterocycles. The zero-order chi connectivity index (χ0) is 17.9. The number of halogens is 2. The number of phenolic OH excluding ortho intramolecular Hbond substituents is 1. The number of nitrogens with zero attached hydrogens (tertiary/aromatic N) is 1. The molecule has 3 nitrogen and oxygen atoms in total. The fourth-order valence-electron chi connectivity index (χ4n) is 3.79. The van der Waals surface area contributed by atoms with Gasteiger partial charge in [-0.1, -0.05) is 19.9 Å². The van der Waals surface area contributed by atoms with E-state index in [0.717, 1.165) is 22.8 Å². The normalized spacial score (nSPS) is 19.2. The molecule has 1 atom stereocenters. The quantitative estimate of drug-likeness (QED) is 0.676. The van der Waals surface area contributed by atoms with Crippen molar-refractivity contribution >= 4 is 10.9 Å². The van der Waals surface area contributed by atoms with E-state index in [1.165, 1.54) is 6.07 Å². The number of benzene rings is 2. The van der Waals surface area contributed by atoms with Crippen molar-refractivity contribution in [2.45, 2.75) is 32.3 Å². The van der Waals surface area contributed by atoms with Gasteiger partial charge in [-0.25, -0.2) is 8.78 Å². The largest absolute Gasteiger partial charge is 0.507 e. The summed E-state index contributed by atoms with van der Waals surface area (Å²) in [5.41, 5.74) is 2.78. The summed E-state index contributed by atoms with van der Waals surface area (Å²) < 4.78 is 35.1. The highest BCUT2D eigenvalue weighted by Crippen LogP contribution is 2.47. The van der Waals surface area contributed by atoms with Crippen LogP contribution >= 0.6 is 0 Å². The fourth-order valence-corrected chi connectivity index (χ4v) is 3.79. The van der Waals surface area contributed by atoms with E-state index in [2.05, 4.69) is 0 Å². The Hall–Kier alpha value is -2.40. The first-order chi connectivity index (χ1) is 11.8. The second-order valence-corrected chi connectivity index (χ2v) is 7.20. The van der Waals surface area contributed by atoms with Gasteiger partial charge in [0.25, 0.3) is 0 Å². The standard InChI is InChI=1S/C20H19F2NO2/c1-11-17-18-15(5-4-6-16(18)24)23(19(17)20(2,3)10-25-11)12-7-8-13(21)14(22)9-12/h4-9,11,24H,10H2,1-3H3. The molecule has 0 fully saturated rings. The van der Waals surface area contributed by atoms with Crippen molar-refractivity contribution in [1.82, 2.24) is 4.57 Å². The van der Waals surface area contributed by atoms with Crippen LogP contribution in [-0.2, 0) is 10.2 Å². The van der Waals surface area contributed by atoms with Crippen LogP contribution in [0.2, 0.25) is 0 Å². The first-order valence-corrected chi connectivity index (χ1v) is 8.25. The maximum atomic E-state index is 13.9. The van der Waals surface area contributed by atoms with Gasteiger partial charge in [0.15, 0.2) is 11.6 Å². The highest BCUT2D eigenvalue weighted by atomic mass is 19.2. The van der Waals surface area contributed by atoms with Crippen LogP contribution in [0.1, 0.15) is 38.1 Å². The molecule has 0 spiro atoms. The van der Waals surface area contributed by atoms with E-state index in [-0.39, 0.29) is 17.3 Å². The van der Waals surface area contributed by atoms with Crippen LogP contribution in [0.4, 0.5) is 8.78 Å². The van der Waals surface area contributed by atoms with Gasteiger partial charge in [-0.3, -0.25) is 0 Å². The molecule has 1 aliphatic heterocycles. The first kappa shape index (κ1) is 16.1. The van der Waals surface area contributed by atoms with E-state index in [1.807, 2.05) is 31.4 Å². The van der Waals surface area contributed by atoms with Gasteiger partial charge in [0.2, 0.25) is 0 Å². The molecular formula is C20H19F2NO2. The predicted molar refractivity (Wildman–Crippen MR) is 92.2 cm³/mol. The van der Waals surface area contributed by atoms with E-state index < -0.39 is 11.6 Å². The molecule has 1 aliphatic rings. The average molecular weight is 343 g/mol. The van der Waals surface area contributed by atoms with Gasteiger partial charge in [-0.15, -0.1) is 0 Å². The summed E-state index contributed by atoms with van der Waals surface area (Å²) in [7, 11) is 0. The van der Waals surface area contributed by atoms with Crippen LogP contribution in [-0.4, -0.2) is 16.3 Å². The van der Waals surface area contributed by atoms with Gasteiger partial charge >= 0.3 is 0 Å². The highest BCUT2D eigenvalue weighted by molar-refractivity contribution is 5.93. The summed E-state index contributed by atoms with van der Waals surface area (Å²) in [4.78, 5) is 0. The number of aromatic nitrogens is 1. The molecular weight excluding hydrogens is 324 g/mol. The molecule has 2 heterocycles. The molecule has 0 saturated carbocycles. The van der Waals surface area contributed by atoms with Crippen molar-refractivity contribution in [2.75, 3.05) is 6.61 Å². The van der Waals surface area contributed by atoms with Gasteiger partial charge in [0, 0.05) is 33.8 Å². The van der Waals surface area contributed by atoms with Crippen molar-refractivity contribution in [3.8, 4) is 11.4 Å². The number of aromatic hydroxyl groups is 1. The molecule has 1 N–H and O–H groups in total. The number of fused-ring (bicyclic) bond motifs is 3. The second kappa shape index (κ2) is 5.30. The molecule has 1 aromatic heterocycles. The maximum Gasteiger partial charge on any atom is 0.160 e. The van der Waals surface area contributed by atoms with E-state index >= 15 is 0 Å². The smallest absolute Gasteiger partial charge is 0.160 e. The number of ether oxygens (including phenoxy) is 1. The van der Waals surface area contributed by atoms with Crippen LogP contribution in [0.3, 0.4) is 0 Å². The van der Waals surface area contributed by atoms with Crippen molar-refractivity contribution in [3.05, 3.63) is 59.3 Å². The Balaban J connectivity index is 2.17. The van der Waals surface area contributed by atoms with E-state index in [0.29, 0.717) is 17.7 Å². The molecule has 0 amide bonds. The van der Waals surface area contributed by atoms with Gasteiger partial charge in [-0.05, 0) is 31.2 Å². The monoisotopic (exact) mass is 343 g/mol.